The first-order valence-electron chi connectivity index (χ1n) is 7.34. The average Bonchev–Trinajstić information content (AvgIpc) is 2.56. The topological polar surface area (TPSA) is 81.5 Å². The summed E-state index contributed by atoms with van der Waals surface area (Å²) in [5.74, 6) is 0.665. The van der Waals surface area contributed by atoms with Crippen LogP contribution in [0.3, 0.4) is 0 Å². The van der Waals surface area contributed by atoms with Gasteiger partial charge < -0.3 is 10.1 Å². The predicted octanol–water partition coefficient (Wildman–Crippen LogP) is 3.68. The molecule has 2 aromatic rings. The molecule has 0 saturated carbocycles. The molecule has 0 aliphatic heterocycles. The third-order valence-corrected chi connectivity index (χ3v) is 3.23. The Labute approximate surface area is 134 Å². The van der Waals surface area contributed by atoms with E-state index in [9.17, 15) is 14.9 Å². The summed E-state index contributed by atoms with van der Waals surface area (Å²) in [6.07, 6.45) is 0.258. The fourth-order valence-corrected chi connectivity index (χ4v) is 2.09. The Morgan fingerprint density at radius 1 is 1.22 bits per heavy atom. The Kier molecular flexibility index (Phi) is 5.68. The number of rotatable bonds is 8. The Morgan fingerprint density at radius 3 is 2.61 bits per heavy atom. The van der Waals surface area contributed by atoms with Crippen LogP contribution in [0.4, 0.5) is 11.4 Å². The highest BCUT2D eigenvalue weighted by atomic mass is 16.6. The monoisotopic (exact) mass is 314 g/mol. The molecule has 0 heterocycles. The van der Waals surface area contributed by atoms with E-state index in [0.29, 0.717) is 18.7 Å². The van der Waals surface area contributed by atoms with Gasteiger partial charge in [-0.25, -0.2) is 0 Å². The largest absolute Gasteiger partial charge is 0.494 e. The summed E-state index contributed by atoms with van der Waals surface area (Å²) in [5.41, 5.74) is 1.17. The smallest absolute Gasteiger partial charge is 0.270 e. The van der Waals surface area contributed by atoms with Crippen molar-refractivity contribution in [1.29, 1.82) is 0 Å². The molecule has 0 saturated heterocycles. The summed E-state index contributed by atoms with van der Waals surface area (Å²) in [6.45, 7) is 2.99. The normalized spacial score (nSPS) is 10.1. The number of Topliss-reactive ketones (excluding diaryl/α,β-unsaturated/α-hetero) is 1. The Balaban J connectivity index is 1.87. The SMILES string of the molecule is CCOc1ccc(NCCC(=O)c2cccc([N+](=O)[O-])c2)cc1. The Bertz CT molecular complexity index is 683. The molecule has 0 aliphatic rings. The van der Waals surface area contributed by atoms with E-state index in [1.807, 2.05) is 31.2 Å². The molecule has 0 aromatic heterocycles. The van der Waals surface area contributed by atoms with Crippen LogP contribution in [0.15, 0.2) is 48.5 Å². The molecule has 1 N–H and O–H groups in total. The van der Waals surface area contributed by atoms with Crippen molar-refractivity contribution in [1.82, 2.24) is 0 Å². The maximum absolute atomic E-state index is 12.1. The number of nitrogens with one attached hydrogen (secondary N) is 1. The zero-order valence-electron chi connectivity index (χ0n) is 12.8. The fourth-order valence-electron chi connectivity index (χ4n) is 2.09. The number of ketones is 1. The van der Waals surface area contributed by atoms with Crippen LogP contribution in [0.5, 0.6) is 5.75 Å². The van der Waals surface area contributed by atoms with Crippen LogP contribution in [0.2, 0.25) is 0 Å². The average molecular weight is 314 g/mol. The zero-order chi connectivity index (χ0) is 16.7. The summed E-state index contributed by atoms with van der Waals surface area (Å²) in [5, 5.41) is 13.9. The van der Waals surface area contributed by atoms with Crippen LogP contribution in [0.25, 0.3) is 0 Å². The summed E-state index contributed by atoms with van der Waals surface area (Å²) >= 11 is 0. The number of hydrogen-bond acceptors (Lipinski definition) is 5. The summed E-state index contributed by atoms with van der Waals surface area (Å²) < 4.78 is 5.35. The fraction of sp³-hybridized carbons (Fsp3) is 0.235. The molecule has 0 bridgehead atoms. The lowest BCUT2D eigenvalue weighted by Crippen LogP contribution is -2.09. The molecule has 2 rings (SSSR count). The third kappa shape index (κ3) is 4.81. The van der Waals surface area contributed by atoms with Crippen molar-refractivity contribution in [3.63, 3.8) is 0 Å². The standard InChI is InChI=1S/C17H18N2O4/c1-2-23-16-8-6-14(7-9-16)18-11-10-17(20)13-4-3-5-15(12-13)19(21)22/h3-9,12,18H,2,10-11H2,1H3. The summed E-state index contributed by atoms with van der Waals surface area (Å²) in [4.78, 5) is 22.3. The van der Waals surface area contributed by atoms with E-state index in [4.69, 9.17) is 4.74 Å². The van der Waals surface area contributed by atoms with Crippen molar-refractivity contribution < 1.29 is 14.5 Å². The molecular formula is C17H18N2O4. The molecule has 23 heavy (non-hydrogen) atoms. The lowest BCUT2D eigenvalue weighted by molar-refractivity contribution is -0.384. The van der Waals surface area contributed by atoms with Crippen molar-refractivity contribution in [3.8, 4) is 5.75 Å². The van der Waals surface area contributed by atoms with Gasteiger partial charge in [-0.3, -0.25) is 14.9 Å². The lowest BCUT2D eigenvalue weighted by Gasteiger charge is -2.07. The number of carbonyl (C=O) groups is 1. The number of benzene rings is 2. The number of hydrogen-bond donors (Lipinski definition) is 1. The van der Waals surface area contributed by atoms with Crippen molar-refractivity contribution in [2.45, 2.75) is 13.3 Å². The van der Waals surface area contributed by atoms with Crippen LogP contribution in [-0.4, -0.2) is 23.9 Å². The van der Waals surface area contributed by atoms with Crippen molar-refractivity contribution in [3.05, 3.63) is 64.2 Å². The van der Waals surface area contributed by atoms with Crippen LogP contribution < -0.4 is 10.1 Å². The summed E-state index contributed by atoms with van der Waals surface area (Å²) in [7, 11) is 0. The third-order valence-electron chi connectivity index (χ3n) is 3.23. The van der Waals surface area contributed by atoms with Gasteiger partial charge in [0.05, 0.1) is 11.5 Å². The number of ether oxygens (including phenoxy) is 1. The van der Waals surface area contributed by atoms with Gasteiger partial charge in [0.2, 0.25) is 0 Å². The van der Waals surface area contributed by atoms with E-state index in [0.717, 1.165) is 11.4 Å². The maximum atomic E-state index is 12.1. The molecule has 0 fully saturated rings. The molecule has 0 radical (unpaired) electrons. The quantitative estimate of drug-likeness (QED) is 0.456. The van der Waals surface area contributed by atoms with Crippen LogP contribution in [0.1, 0.15) is 23.7 Å². The van der Waals surface area contributed by atoms with Crippen molar-refractivity contribution >= 4 is 17.2 Å². The Morgan fingerprint density at radius 2 is 1.96 bits per heavy atom. The van der Waals surface area contributed by atoms with Gasteiger partial charge in [0.1, 0.15) is 5.75 Å². The molecular weight excluding hydrogens is 296 g/mol. The number of anilines is 1. The van der Waals surface area contributed by atoms with Gasteiger partial charge in [-0.05, 0) is 31.2 Å². The van der Waals surface area contributed by atoms with Gasteiger partial charge in [0.25, 0.3) is 5.69 Å². The van der Waals surface area contributed by atoms with E-state index in [-0.39, 0.29) is 17.9 Å². The molecule has 0 amide bonds. The molecule has 0 atom stereocenters. The number of nitro benzene ring substituents is 1. The highest BCUT2D eigenvalue weighted by Gasteiger charge is 2.11. The molecule has 6 heteroatoms. The molecule has 0 spiro atoms. The second-order valence-corrected chi connectivity index (χ2v) is 4.86. The lowest BCUT2D eigenvalue weighted by atomic mass is 10.1. The van der Waals surface area contributed by atoms with Gasteiger partial charge in [-0.1, -0.05) is 12.1 Å². The molecule has 6 nitrogen and oxygen atoms in total. The molecule has 0 aliphatic carbocycles. The van der Waals surface area contributed by atoms with Crippen LogP contribution in [-0.2, 0) is 0 Å². The highest BCUT2D eigenvalue weighted by molar-refractivity contribution is 5.96. The number of nitro groups is 1. The van der Waals surface area contributed by atoms with Crippen molar-refractivity contribution in [2.24, 2.45) is 0 Å². The van der Waals surface area contributed by atoms with Crippen LogP contribution >= 0.6 is 0 Å². The number of non-ortho nitro benzene ring substituents is 1. The van der Waals surface area contributed by atoms with Gasteiger partial charge in [-0.2, -0.15) is 0 Å². The van der Waals surface area contributed by atoms with E-state index in [1.54, 1.807) is 6.07 Å². The number of nitrogens with zero attached hydrogens (tertiary/aromatic N) is 1. The van der Waals surface area contributed by atoms with Gasteiger partial charge in [0, 0.05) is 36.3 Å². The molecule has 2 aromatic carbocycles. The minimum atomic E-state index is -0.505. The maximum Gasteiger partial charge on any atom is 0.270 e. The van der Waals surface area contributed by atoms with Crippen molar-refractivity contribution in [2.75, 3.05) is 18.5 Å². The van der Waals surface area contributed by atoms with E-state index in [1.165, 1.54) is 18.2 Å². The molecule has 0 unspecified atom stereocenters. The van der Waals surface area contributed by atoms with E-state index < -0.39 is 4.92 Å². The first-order valence-corrected chi connectivity index (χ1v) is 7.34. The molecule has 120 valence electrons. The second kappa shape index (κ2) is 7.93. The van der Waals surface area contributed by atoms with Crippen LogP contribution in [0, 0.1) is 10.1 Å². The minimum absolute atomic E-state index is 0.0738. The van der Waals surface area contributed by atoms with Gasteiger partial charge in [0.15, 0.2) is 5.78 Å². The first-order chi connectivity index (χ1) is 11.1. The number of carbonyl (C=O) groups excluding carboxylic acids is 1. The van der Waals surface area contributed by atoms with E-state index >= 15 is 0 Å². The first kappa shape index (κ1) is 16.5. The highest BCUT2D eigenvalue weighted by Crippen LogP contribution is 2.17. The minimum Gasteiger partial charge on any atom is -0.494 e. The Hall–Kier alpha value is -2.89. The van der Waals surface area contributed by atoms with Gasteiger partial charge >= 0.3 is 0 Å². The van der Waals surface area contributed by atoms with Gasteiger partial charge in [-0.15, -0.1) is 0 Å². The zero-order valence-corrected chi connectivity index (χ0v) is 12.8. The second-order valence-electron chi connectivity index (χ2n) is 4.86. The van der Waals surface area contributed by atoms with E-state index in [2.05, 4.69) is 5.32 Å². The predicted molar refractivity (Wildman–Crippen MR) is 88.1 cm³/mol. The summed E-state index contributed by atoms with van der Waals surface area (Å²) in [6, 6.07) is 13.2.